The molecule has 0 radical (unpaired) electrons. The van der Waals surface area contributed by atoms with Crippen molar-refractivity contribution in [2.45, 2.75) is 13.5 Å². The van der Waals surface area contributed by atoms with Gasteiger partial charge in [0.05, 0.1) is 17.4 Å². The summed E-state index contributed by atoms with van der Waals surface area (Å²) < 4.78 is 1.79. The summed E-state index contributed by atoms with van der Waals surface area (Å²) in [6, 6.07) is 34.1. The van der Waals surface area contributed by atoms with E-state index in [-0.39, 0.29) is 5.56 Å². The van der Waals surface area contributed by atoms with Gasteiger partial charge < -0.3 is 0 Å². The first kappa shape index (κ1) is 20.7. The van der Waals surface area contributed by atoms with Crippen molar-refractivity contribution in [2.24, 2.45) is 0 Å². The molecule has 1 aromatic heterocycles. The number of aromatic nitrogens is 2. The van der Waals surface area contributed by atoms with Gasteiger partial charge in [0.25, 0.3) is 5.56 Å². The van der Waals surface area contributed by atoms with Crippen LogP contribution >= 0.6 is 0 Å². The summed E-state index contributed by atoms with van der Waals surface area (Å²) in [6.45, 7) is 2.53. The minimum absolute atomic E-state index is 0.0296. The normalized spacial score (nSPS) is 11.3. The average Bonchev–Trinajstić information content (AvgIpc) is 2.86. The molecule has 0 saturated carbocycles. The topological polar surface area (TPSA) is 34.9 Å². The predicted octanol–water partition coefficient (Wildman–Crippen LogP) is 6.59. The zero-order chi connectivity index (χ0) is 22.6. The Morgan fingerprint density at radius 2 is 1.45 bits per heavy atom. The van der Waals surface area contributed by atoms with E-state index in [0.29, 0.717) is 23.3 Å². The molecule has 0 saturated heterocycles. The summed E-state index contributed by atoms with van der Waals surface area (Å²) in [7, 11) is 0. The molecule has 0 aliphatic rings. The van der Waals surface area contributed by atoms with Crippen molar-refractivity contribution in [2.75, 3.05) is 0 Å². The molecule has 5 aromatic rings. The van der Waals surface area contributed by atoms with E-state index in [0.717, 1.165) is 22.3 Å². The highest BCUT2D eigenvalue weighted by molar-refractivity contribution is 5.83. The Bertz CT molecular complexity index is 1500. The summed E-state index contributed by atoms with van der Waals surface area (Å²) in [4.78, 5) is 18.6. The lowest BCUT2D eigenvalue weighted by molar-refractivity contribution is 0.759. The van der Waals surface area contributed by atoms with E-state index in [1.54, 1.807) is 4.57 Å². The molecule has 0 N–H and O–H groups in total. The molecule has 5 rings (SSSR count). The fraction of sp³-hybridized carbons (Fsp3) is 0.0667. The Kier molecular flexibility index (Phi) is 5.69. The Balaban J connectivity index is 1.69. The lowest BCUT2D eigenvalue weighted by Gasteiger charge is -2.16. The zero-order valence-corrected chi connectivity index (χ0v) is 18.5. The third kappa shape index (κ3) is 4.39. The second kappa shape index (κ2) is 9.09. The molecule has 0 spiro atoms. The van der Waals surface area contributed by atoms with Crippen molar-refractivity contribution < 1.29 is 0 Å². The van der Waals surface area contributed by atoms with Crippen molar-refractivity contribution in [3.05, 3.63) is 136 Å². The first-order valence-electron chi connectivity index (χ1n) is 11.1. The number of benzene rings is 4. The first-order valence-corrected chi connectivity index (χ1v) is 11.1. The first-order chi connectivity index (χ1) is 16.2. The maximum Gasteiger partial charge on any atom is 0.261 e. The van der Waals surface area contributed by atoms with E-state index in [1.807, 2.05) is 60.7 Å². The molecule has 3 nitrogen and oxygen atoms in total. The largest absolute Gasteiger partial charge is 0.288 e. The number of hydrogen-bond acceptors (Lipinski definition) is 2. The van der Waals surface area contributed by atoms with Crippen molar-refractivity contribution in [3.63, 3.8) is 0 Å². The van der Waals surface area contributed by atoms with Gasteiger partial charge in [0.15, 0.2) is 0 Å². The van der Waals surface area contributed by atoms with Crippen LogP contribution < -0.4 is 5.56 Å². The van der Waals surface area contributed by atoms with Crippen LogP contribution in [0, 0.1) is 6.92 Å². The van der Waals surface area contributed by atoms with E-state index in [9.17, 15) is 4.79 Å². The van der Waals surface area contributed by atoms with Gasteiger partial charge >= 0.3 is 0 Å². The van der Waals surface area contributed by atoms with Gasteiger partial charge in [0.1, 0.15) is 5.82 Å². The van der Waals surface area contributed by atoms with Crippen LogP contribution in [-0.2, 0) is 6.54 Å². The van der Waals surface area contributed by atoms with E-state index in [4.69, 9.17) is 4.98 Å². The minimum atomic E-state index is -0.0296. The van der Waals surface area contributed by atoms with E-state index >= 15 is 0 Å². The van der Waals surface area contributed by atoms with Crippen molar-refractivity contribution in [1.29, 1.82) is 0 Å². The zero-order valence-electron chi connectivity index (χ0n) is 18.5. The molecule has 160 valence electrons. The molecule has 0 unspecified atom stereocenters. The summed E-state index contributed by atoms with van der Waals surface area (Å²) in [5.74, 6) is 0.674. The van der Waals surface area contributed by atoms with Gasteiger partial charge in [-0.15, -0.1) is 0 Å². The van der Waals surface area contributed by atoms with Crippen molar-refractivity contribution in [3.8, 4) is 11.4 Å². The SMILES string of the molecule is Cc1ccc(Cn2c(-c3ccccc3/C=C/c3ccccc3)nc3ccccc3c2=O)cc1. The van der Waals surface area contributed by atoms with Crippen molar-refractivity contribution in [1.82, 2.24) is 9.55 Å². The van der Waals surface area contributed by atoms with Gasteiger partial charge in [0.2, 0.25) is 0 Å². The van der Waals surface area contributed by atoms with Gasteiger partial charge in [-0.1, -0.05) is 109 Å². The fourth-order valence-electron chi connectivity index (χ4n) is 3.99. The summed E-state index contributed by atoms with van der Waals surface area (Å²) in [6.07, 6.45) is 4.17. The molecular formula is C30H24N2O. The maximum absolute atomic E-state index is 13.6. The fourth-order valence-corrected chi connectivity index (χ4v) is 3.99. The lowest BCUT2D eigenvalue weighted by atomic mass is 10.0. The van der Waals surface area contributed by atoms with Gasteiger partial charge in [-0.2, -0.15) is 0 Å². The smallest absolute Gasteiger partial charge is 0.261 e. The van der Waals surface area contributed by atoms with Crippen LogP contribution in [0.25, 0.3) is 34.4 Å². The highest BCUT2D eigenvalue weighted by atomic mass is 16.1. The molecule has 0 fully saturated rings. The molecule has 0 aliphatic heterocycles. The summed E-state index contributed by atoms with van der Waals surface area (Å²) >= 11 is 0. The molecule has 0 atom stereocenters. The van der Waals surface area contributed by atoms with Crippen LogP contribution in [0.3, 0.4) is 0 Å². The summed E-state index contributed by atoms with van der Waals surface area (Å²) in [5.41, 5.74) is 6.01. The van der Waals surface area contributed by atoms with Crippen molar-refractivity contribution >= 4 is 23.1 Å². The number of aryl methyl sites for hydroxylation is 1. The van der Waals surface area contributed by atoms with Crippen LogP contribution in [0.2, 0.25) is 0 Å². The van der Waals surface area contributed by atoms with Crippen LogP contribution in [-0.4, -0.2) is 9.55 Å². The predicted molar refractivity (Wildman–Crippen MR) is 137 cm³/mol. The van der Waals surface area contributed by atoms with Crippen LogP contribution in [0.4, 0.5) is 0 Å². The van der Waals surface area contributed by atoms with E-state index in [2.05, 4.69) is 61.5 Å². The van der Waals surface area contributed by atoms with Gasteiger partial charge in [-0.25, -0.2) is 4.98 Å². The van der Waals surface area contributed by atoms with Gasteiger partial charge in [0, 0.05) is 5.56 Å². The Hall–Kier alpha value is -4.24. The monoisotopic (exact) mass is 428 g/mol. The molecular weight excluding hydrogens is 404 g/mol. The third-order valence-electron chi connectivity index (χ3n) is 5.78. The molecule has 33 heavy (non-hydrogen) atoms. The Morgan fingerprint density at radius 3 is 2.27 bits per heavy atom. The molecule has 3 heteroatoms. The Labute approximate surface area is 193 Å². The highest BCUT2D eigenvalue weighted by Crippen LogP contribution is 2.25. The number of para-hydroxylation sites is 1. The summed E-state index contributed by atoms with van der Waals surface area (Å²) in [5, 5.41) is 0.630. The number of nitrogens with zero attached hydrogens (tertiary/aromatic N) is 2. The minimum Gasteiger partial charge on any atom is -0.288 e. The van der Waals surface area contributed by atoms with Crippen LogP contribution in [0.5, 0.6) is 0 Å². The van der Waals surface area contributed by atoms with E-state index in [1.165, 1.54) is 5.56 Å². The second-order valence-electron chi connectivity index (χ2n) is 8.16. The number of hydrogen-bond donors (Lipinski definition) is 0. The quantitative estimate of drug-likeness (QED) is 0.296. The number of rotatable bonds is 5. The third-order valence-corrected chi connectivity index (χ3v) is 5.78. The Morgan fingerprint density at radius 1 is 0.758 bits per heavy atom. The maximum atomic E-state index is 13.6. The molecule has 0 bridgehead atoms. The van der Waals surface area contributed by atoms with Crippen LogP contribution in [0.1, 0.15) is 22.3 Å². The second-order valence-corrected chi connectivity index (χ2v) is 8.16. The van der Waals surface area contributed by atoms with Gasteiger partial charge in [-0.3, -0.25) is 9.36 Å². The average molecular weight is 429 g/mol. The number of fused-ring (bicyclic) bond motifs is 1. The highest BCUT2D eigenvalue weighted by Gasteiger charge is 2.15. The molecule has 0 amide bonds. The van der Waals surface area contributed by atoms with Crippen LogP contribution in [0.15, 0.2) is 108 Å². The van der Waals surface area contributed by atoms with Gasteiger partial charge in [-0.05, 0) is 35.7 Å². The van der Waals surface area contributed by atoms with E-state index < -0.39 is 0 Å². The molecule has 4 aromatic carbocycles. The standard InChI is InChI=1S/C30H24N2O/c1-22-15-17-24(18-16-22)21-32-29(31-28-14-8-7-13-27(28)30(32)33)26-12-6-5-11-25(26)20-19-23-9-3-2-4-10-23/h2-20H,21H2,1H3/b20-19+. The lowest BCUT2D eigenvalue weighted by Crippen LogP contribution is -2.24. The molecule has 0 aliphatic carbocycles. The molecule has 1 heterocycles.